The molecule has 1 atom stereocenters. The van der Waals surface area contributed by atoms with Gasteiger partial charge in [-0.15, -0.1) is 11.8 Å². The molecular formula is C19H21ClN2O2S. The van der Waals surface area contributed by atoms with Crippen molar-refractivity contribution in [2.75, 3.05) is 6.61 Å². The lowest BCUT2D eigenvalue weighted by atomic mass is 10.2. The van der Waals surface area contributed by atoms with Crippen LogP contribution >= 0.6 is 23.4 Å². The van der Waals surface area contributed by atoms with Gasteiger partial charge in [0.2, 0.25) is 0 Å². The van der Waals surface area contributed by atoms with Crippen molar-refractivity contribution in [1.82, 2.24) is 5.43 Å². The third-order valence-corrected chi connectivity index (χ3v) is 4.60. The van der Waals surface area contributed by atoms with Crippen molar-refractivity contribution in [2.45, 2.75) is 30.4 Å². The Morgan fingerprint density at radius 1 is 1.24 bits per heavy atom. The second kappa shape index (κ2) is 10.1. The van der Waals surface area contributed by atoms with Gasteiger partial charge in [0.1, 0.15) is 5.75 Å². The fourth-order valence-corrected chi connectivity index (χ4v) is 2.89. The first-order chi connectivity index (χ1) is 12.1. The van der Waals surface area contributed by atoms with Crippen LogP contribution in [-0.2, 0) is 4.79 Å². The van der Waals surface area contributed by atoms with Gasteiger partial charge in [-0.05, 0) is 67.4 Å². The molecule has 2 rings (SSSR count). The number of amides is 1. The summed E-state index contributed by atoms with van der Waals surface area (Å²) in [5.74, 6) is 0.676. The Labute approximate surface area is 157 Å². The molecule has 0 spiro atoms. The molecule has 25 heavy (non-hydrogen) atoms. The van der Waals surface area contributed by atoms with E-state index < -0.39 is 0 Å². The van der Waals surface area contributed by atoms with E-state index in [1.807, 2.05) is 43.3 Å². The average molecular weight is 377 g/mol. The van der Waals surface area contributed by atoms with Crippen LogP contribution in [-0.4, -0.2) is 24.0 Å². The van der Waals surface area contributed by atoms with Crippen molar-refractivity contribution in [3.05, 3.63) is 59.1 Å². The first-order valence-corrected chi connectivity index (χ1v) is 9.32. The SMILES string of the molecule is CCCOc1ccc(/C=N\NC(=O)[C@@H](C)Sc2ccc(Cl)cc2)cc1. The highest BCUT2D eigenvalue weighted by Gasteiger charge is 2.13. The van der Waals surface area contributed by atoms with Gasteiger partial charge in [-0.25, -0.2) is 5.43 Å². The lowest BCUT2D eigenvalue weighted by molar-refractivity contribution is -0.120. The molecule has 132 valence electrons. The van der Waals surface area contributed by atoms with E-state index in [0.29, 0.717) is 11.6 Å². The van der Waals surface area contributed by atoms with Crippen LogP contribution < -0.4 is 10.2 Å². The maximum Gasteiger partial charge on any atom is 0.253 e. The molecule has 1 N–H and O–H groups in total. The van der Waals surface area contributed by atoms with Gasteiger partial charge in [-0.2, -0.15) is 5.10 Å². The number of hydrogen-bond acceptors (Lipinski definition) is 4. The molecule has 0 fully saturated rings. The minimum Gasteiger partial charge on any atom is -0.494 e. The van der Waals surface area contributed by atoms with Crippen LogP contribution in [0.1, 0.15) is 25.8 Å². The van der Waals surface area contributed by atoms with Crippen molar-refractivity contribution in [3.63, 3.8) is 0 Å². The largest absolute Gasteiger partial charge is 0.494 e. The monoisotopic (exact) mass is 376 g/mol. The molecule has 0 aromatic heterocycles. The molecule has 0 aliphatic heterocycles. The van der Waals surface area contributed by atoms with Crippen molar-refractivity contribution in [1.29, 1.82) is 0 Å². The van der Waals surface area contributed by atoms with E-state index in [0.717, 1.165) is 22.6 Å². The van der Waals surface area contributed by atoms with Crippen molar-refractivity contribution in [3.8, 4) is 5.75 Å². The van der Waals surface area contributed by atoms with Crippen molar-refractivity contribution in [2.24, 2.45) is 5.10 Å². The quantitative estimate of drug-likeness (QED) is 0.410. The predicted molar refractivity (Wildman–Crippen MR) is 105 cm³/mol. The second-order valence-electron chi connectivity index (χ2n) is 5.37. The Morgan fingerprint density at radius 3 is 2.56 bits per heavy atom. The highest BCUT2D eigenvalue weighted by Crippen LogP contribution is 2.24. The Kier molecular flexibility index (Phi) is 7.82. The van der Waals surface area contributed by atoms with Crippen LogP contribution in [0.4, 0.5) is 0 Å². The Balaban J connectivity index is 1.81. The van der Waals surface area contributed by atoms with Gasteiger partial charge in [0, 0.05) is 9.92 Å². The number of benzene rings is 2. The van der Waals surface area contributed by atoms with Gasteiger partial charge in [0.05, 0.1) is 18.1 Å². The molecule has 0 aliphatic rings. The molecule has 4 nitrogen and oxygen atoms in total. The van der Waals surface area contributed by atoms with Gasteiger partial charge in [-0.3, -0.25) is 4.79 Å². The van der Waals surface area contributed by atoms with Crippen LogP contribution in [0.5, 0.6) is 5.75 Å². The molecule has 6 heteroatoms. The lowest BCUT2D eigenvalue weighted by Crippen LogP contribution is -2.26. The normalized spacial score (nSPS) is 12.1. The number of nitrogens with zero attached hydrogens (tertiary/aromatic N) is 1. The zero-order valence-corrected chi connectivity index (χ0v) is 15.8. The van der Waals surface area contributed by atoms with E-state index >= 15 is 0 Å². The highest BCUT2D eigenvalue weighted by atomic mass is 35.5. The number of hydrogen-bond donors (Lipinski definition) is 1. The standard InChI is InChI=1S/C19H21ClN2O2S/c1-3-12-24-17-8-4-15(5-9-17)13-21-22-19(23)14(2)25-18-10-6-16(20)7-11-18/h4-11,13-14H,3,12H2,1-2H3,(H,22,23)/b21-13-/t14-/m1/s1. The molecule has 0 saturated carbocycles. The number of hydrazone groups is 1. The third-order valence-electron chi connectivity index (χ3n) is 3.24. The van der Waals surface area contributed by atoms with Gasteiger partial charge < -0.3 is 4.74 Å². The number of nitrogens with one attached hydrogen (secondary N) is 1. The van der Waals surface area contributed by atoms with Crippen LogP contribution in [0, 0.1) is 0 Å². The Morgan fingerprint density at radius 2 is 1.92 bits per heavy atom. The number of carbonyl (C=O) groups excluding carboxylic acids is 1. The van der Waals surface area contributed by atoms with Crippen molar-refractivity contribution >= 4 is 35.5 Å². The molecule has 0 radical (unpaired) electrons. The molecule has 0 bridgehead atoms. The molecule has 0 unspecified atom stereocenters. The van der Waals surface area contributed by atoms with Gasteiger partial charge >= 0.3 is 0 Å². The molecule has 0 saturated heterocycles. The molecule has 0 heterocycles. The Hall–Kier alpha value is -1.98. The summed E-state index contributed by atoms with van der Waals surface area (Å²) < 4.78 is 5.52. The van der Waals surface area contributed by atoms with Crippen LogP contribution in [0.2, 0.25) is 5.02 Å². The minimum absolute atomic E-state index is 0.154. The number of halogens is 1. The maximum atomic E-state index is 12.1. The first kappa shape index (κ1) is 19.3. The first-order valence-electron chi connectivity index (χ1n) is 8.06. The molecule has 2 aromatic carbocycles. The molecular weight excluding hydrogens is 356 g/mol. The second-order valence-corrected chi connectivity index (χ2v) is 7.22. The van der Waals surface area contributed by atoms with E-state index in [1.54, 1.807) is 18.3 Å². The fraction of sp³-hybridized carbons (Fsp3) is 0.263. The zero-order chi connectivity index (χ0) is 18.1. The molecule has 2 aromatic rings. The van der Waals surface area contributed by atoms with Crippen molar-refractivity contribution < 1.29 is 9.53 Å². The minimum atomic E-state index is -0.261. The maximum absolute atomic E-state index is 12.1. The van der Waals surface area contributed by atoms with Gasteiger partial charge in [-0.1, -0.05) is 18.5 Å². The number of ether oxygens (including phenoxy) is 1. The van der Waals surface area contributed by atoms with E-state index in [2.05, 4.69) is 17.5 Å². The summed E-state index contributed by atoms with van der Waals surface area (Å²) in [5, 5.41) is 4.43. The number of thioether (sulfide) groups is 1. The third kappa shape index (κ3) is 6.80. The summed E-state index contributed by atoms with van der Waals surface area (Å²) in [5.41, 5.74) is 3.45. The zero-order valence-electron chi connectivity index (χ0n) is 14.2. The van der Waals surface area contributed by atoms with Crippen LogP contribution in [0.3, 0.4) is 0 Å². The average Bonchev–Trinajstić information content (AvgIpc) is 2.62. The summed E-state index contributed by atoms with van der Waals surface area (Å²) in [6.45, 7) is 4.60. The highest BCUT2D eigenvalue weighted by molar-refractivity contribution is 8.00. The summed E-state index contributed by atoms with van der Waals surface area (Å²) in [4.78, 5) is 13.1. The number of rotatable bonds is 8. The van der Waals surface area contributed by atoms with Gasteiger partial charge in [0.15, 0.2) is 0 Å². The van der Waals surface area contributed by atoms with Crippen LogP contribution in [0.15, 0.2) is 58.5 Å². The van der Waals surface area contributed by atoms with Crippen LogP contribution in [0.25, 0.3) is 0 Å². The van der Waals surface area contributed by atoms with E-state index in [-0.39, 0.29) is 11.2 Å². The molecule has 1 amide bonds. The molecule has 0 aliphatic carbocycles. The Bertz CT molecular complexity index is 702. The topological polar surface area (TPSA) is 50.7 Å². The summed E-state index contributed by atoms with van der Waals surface area (Å²) in [6, 6.07) is 15.0. The van der Waals surface area contributed by atoms with E-state index in [9.17, 15) is 4.79 Å². The summed E-state index contributed by atoms with van der Waals surface area (Å²) >= 11 is 7.31. The summed E-state index contributed by atoms with van der Waals surface area (Å²) in [7, 11) is 0. The lowest BCUT2D eigenvalue weighted by Gasteiger charge is -2.09. The summed E-state index contributed by atoms with van der Waals surface area (Å²) in [6.07, 6.45) is 2.59. The van der Waals surface area contributed by atoms with Gasteiger partial charge in [0.25, 0.3) is 5.91 Å². The number of carbonyl (C=O) groups is 1. The predicted octanol–water partition coefficient (Wildman–Crippen LogP) is 4.76. The van der Waals surface area contributed by atoms with E-state index in [4.69, 9.17) is 16.3 Å². The van der Waals surface area contributed by atoms with E-state index in [1.165, 1.54) is 11.8 Å². The fourth-order valence-electron chi connectivity index (χ4n) is 1.90. The smallest absolute Gasteiger partial charge is 0.253 e.